The minimum atomic E-state index is -0.0159. The maximum absolute atomic E-state index is 6.20. The van der Waals surface area contributed by atoms with Crippen LogP contribution in [0.15, 0.2) is 12.2 Å². The lowest BCUT2D eigenvalue weighted by atomic mass is 9.95. The van der Waals surface area contributed by atoms with Gasteiger partial charge in [-0.1, -0.05) is 51.5 Å². The van der Waals surface area contributed by atoms with Gasteiger partial charge >= 0.3 is 0 Å². The second-order valence-corrected chi connectivity index (χ2v) is 10.8. The Bertz CT molecular complexity index is 392. The van der Waals surface area contributed by atoms with Gasteiger partial charge in [-0.05, 0) is 85.5 Å². The Morgan fingerprint density at radius 1 is 0.750 bits per heavy atom. The van der Waals surface area contributed by atoms with Crippen LogP contribution in [-0.4, -0.2) is 24.4 Å². The quantitative estimate of drug-likeness (QED) is 0.182. The number of ether oxygens (including phenoxy) is 2. The van der Waals surface area contributed by atoms with Crippen LogP contribution in [0, 0.1) is 11.8 Å². The molecule has 0 saturated heterocycles. The Kier molecular flexibility index (Phi) is 14.4. The average molecular weight is 397 g/mol. The molecule has 0 rings (SSSR count). The van der Waals surface area contributed by atoms with Gasteiger partial charge in [-0.3, -0.25) is 0 Å². The van der Waals surface area contributed by atoms with Gasteiger partial charge in [0.15, 0.2) is 0 Å². The Hall–Kier alpha value is -0.340. The predicted molar refractivity (Wildman–Crippen MR) is 125 cm³/mol. The highest BCUT2D eigenvalue weighted by Gasteiger charge is 2.18. The van der Waals surface area contributed by atoms with E-state index in [0.717, 1.165) is 37.9 Å². The minimum absolute atomic E-state index is 0.00866. The van der Waals surface area contributed by atoms with E-state index in [1.54, 1.807) is 0 Å². The molecule has 0 N–H and O–H groups in total. The monoisotopic (exact) mass is 396 g/mol. The van der Waals surface area contributed by atoms with E-state index >= 15 is 0 Å². The number of hydrogen-bond acceptors (Lipinski definition) is 2. The average Bonchev–Trinajstić information content (AvgIpc) is 2.52. The third-order valence-electron chi connectivity index (χ3n) is 5.51. The molecule has 2 heteroatoms. The molecule has 0 fully saturated rings. The van der Waals surface area contributed by atoms with Crippen LogP contribution in [0.1, 0.15) is 120 Å². The first-order chi connectivity index (χ1) is 12.9. The zero-order valence-corrected chi connectivity index (χ0v) is 20.7. The summed E-state index contributed by atoms with van der Waals surface area (Å²) in [5, 5.41) is 0. The van der Waals surface area contributed by atoms with Crippen LogP contribution in [-0.2, 0) is 9.47 Å². The molecule has 0 heterocycles. The molecule has 0 aromatic carbocycles. The van der Waals surface area contributed by atoms with Gasteiger partial charge < -0.3 is 9.47 Å². The first-order valence-corrected chi connectivity index (χ1v) is 11.8. The van der Waals surface area contributed by atoms with Crippen molar-refractivity contribution in [2.45, 2.75) is 131 Å². The molecule has 0 saturated carbocycles. The molecule has 28 heavy (non-hydrogen) atoms. The molecule has 168 valence electrons. The normalized spacial score (nSPS) is 14.9. The van der Waals surface area contributed by atoms with Gasteiger partial charge in [0.05, 0.1) is 11.2 Å². The molecule has 0 aliphatic rings. The van der Waals surface area contributed by atoms with Crippen LogP contribution in [0.4, 0.5) is 0 Å². The van der Waals surface area contributed by atoms with Crippen LogP contribution >= 0.6 is 0 Å². The van der Waals surface area contributed by atoms with Gasteiger partial charge in [0, 0.05) is 13.2 Å². The van der Waals surface area contributed by atoms with Crippen LogP contribution in [0.3, 0.4) is 0 Å². The molecule has 2 atom stereocenters. The molecule has 0 amide bonds. The molecular formula is C26H52O2. The summed E-state index contributed by atoms with van der Waals surface area (Å²) < 4.78 is 12.0. The van der Waals surface area contributed by atoms with Gasteiger partial charge in [0.2, 0.25) is 0 Å². The second kappa shape index (κ2) is 14.6. The molecule has 0 aromatic heterocycles. The number of hydrogen-bond donors (Lipinski definition) is 0. The highest BCUT2D eigenvalue weighted by Crippen LogP contribution is 2.23. The molecule has 0 aliphatic carbocycles. The summed E-state index contributed by atoms with van der Waals surface area (Å²) in [5.41, 5.74) is 1.31. The lowest BCUT2D eigenvalue weighted by Crippen LogP contribution is -2.25. The van der Waals surface area contributed by atoms with Gasteiger partial charge in [-0.2, -0.15) is 0 Å². The van der Waals surface area contributed by atoms with E-state index in [0.29, 0.717) is 0 Å². The maximum atomic E-state index is 6.20. The molecule has 0 bridgehead atoms. The fourth-order valence-corrected chi connectivity index (χ4v) is 3.50. The van der Waals surface area contributed by atoms with Crippen molar-refractivity contribution in [3.63, 3.8) is 0 Å². The Morgan fingerprint density at radius 3 is 1.93 bits per heavy atom. The highest BCUT2D eigenvalue weighted by atomic mass is 16.5. The summed E-state index contributed by atoms with van der Waals surface area (Å²) in [6, 6.07) is 0. The van der Waals surface area contributed by atoms with Crippen LogP contribution < -0.4 is 0 Å². The summed E-state index contributed by atoms with van der Waals surface area (Å²) in [5.74, 6) is 1.56. The summed E-state index contributed by atoms with van der Waals surface area (Å²) in [4.78, 5) is 0. The first kappa shape index (κ1) is 27.7. The van der Waals surface area contributed by atoms with E-state index in [9.17, 15) is 0 Å². The number of unbranched alkanes of at least 4 members (excludes halogenated alkanes) is 1. The van der Waals surface area contributed by atoms with E-state index in [-0.39, 0.29) is 11.2 Å². The largest absolute Gasteiger partial charge is 0.376 e. The Labute approximate surface area is 177 Å². The fourth-order valence-electron chi connectivity index (χ4n) is 3.50. The maximum Gasteiger partial charge on any atom is 0.0626 e. The molecule has 0 spiro atoms. The van der Waals surface area contributed by atoms with Gasteiger partial charge in [0.1, 0.15) is 0 Å². The molecule has 2 nitrogen and oxygen atoms in total. The molecule has 0 aliphatic heterocycles. The van der Waals surface area contributed by atoms with E-state index in [1.165, 1.54) is 56.9 Å². The van der Waals surface area contributed by atoms with E-state index < -0.39 is 0 Å². The van der Waals surface area contributed by atoms with Crippen molar-refractivity contribution < 1.29 is 9.47 Å². The Morgan fingerprint density at radius 2 is 1.32 bits per heavy atom. The van der Waals surface area contributed by atoms with E-state index in [2.05, 4.69) is 62.0 Å². The molecular weight excluding hydrogens is 344 g/mol. The van der Waals surface area contributed by atoms with Crippen molar-refractivity contribution in [1.29, 1.82) is 0 Å². The van der Waals surface area contributed by atoms with Gasteiger partial charge in [0.25, 0.3) is 0 Å². The van der Waals surface area contributed by atoms with Crippen molar-refractivity contribution in [1.82, 2.24) is 0 Å². The standard InChI is InChI=1S/C26H52O2/c1-22(2)14-12-16-23(3)15-10-11-20-28-26(8,9)19-13-17-24(4)18-21-27-25(5,6)7/h23-24H,1,10-21H2,2-9H3. The minimum Gasteiger partial charge on any atom is -0.376 e. The molecule has 0 radical (unpaired) electrons. The van der Waals surface area contributed by atoms with E-state index in [4.69, 9.17) is 9.47 Å². The molecule has 0 aromatic rings. The SMILES string of the molecule is C=C(C)CCCC(C)CCCCOC(C)(C)CCCC(C)CCOC(C)(C)C. The van der Waals surface area contributed by atoms with Crippen LogP contribution in [0.2, 0.25) is 0 Å². The lowest BCUT2D eigenvalue weighted by molar-refractivity contribution is -0.0282. The van der Waals surface area contributed by atoms with Crippen molar-refractivity contribution in [2.75, 3.05) is 13.2 Å². The van der Waals surface area contributed by atoms with Crippen molar-refractivity contribution in [3.8, 4) is 0 Å². The van der Waals surface area contributed by atoms with Gasteiger partial charge in [-0.25, -0.2) is 0 Å². The number of allylic oxidation sites excluding steroid dienone is 1. The fraction of sp³-hybridized carbons (Fsp3) is 0.923. The predicted octanol–water partition coefficient (Wildman–Crippen LogP) is 8.35. The lowest BCUT2D eigenvalue weighted by Gasteiger charge is -2.26. The van der Waals surface area contributed by atoms with Crippen LogP contribution in [0.5, 0.6) is 0 Å². The second-order valence-electron chi connectivity index (χ2n) is 10.8. The van der Waals surface area contributed by atoms with Crippen molar-refractivity contribution >= 4 is 0 Å². The summed E-state index contributed by atoms with van der Waals surface area (Å²) >= 11 is 0. The highest BCUT2D eigenvalue weighted by molar-refractivity contribution is 4.87. The summed E-state index contributed by atoms with van der Waals surface area (Å²) in [6.45, 7) is 23.5. The van der Waals surface area contributed by atoms with E-state index in [1.807, 2.05) is 0 Å². The summed E-state index contributed by atoms with van der Waals surface area (Å²) in [6.07, 6.45) is 12.4. The third kappa shape index (κ3) is 19.0. The summed E-state index contributed by atoms with van der Waals surface area (Å²) in [7, 11) is 0. The zero-order chi connectivity index (χ0) is 21.6. The first-order valence-electron chi connectivity index (χ1n) is 11.8. The van der Waals surface area contributed by atoms with Gasteiger partial charge in [-0.15, -0.1) is 6.58 Å². The van der Waals surface area contributed by atoms with Crippen LogP contribution in [0.25, 0.3) is 0 Å². The Balaban J connectivity index is 3.70. The van der Waals surface area contributed by atoms with Crippen molar-refractivity contribution in [2.24, 2.45) is 11.8 Å². The smallest absolute Gasteiger partial charge is 0.0626 e. The third-order valence-corrected chi connectivity index (χ3v) is 5.51. The zero-order valence-electron chi connectivity index (χ0n) is 20.7. The number of rotatable bonds is 17. The molecule has 2 unspecified atom stereocenters. The van der Waals surface area contributed by atoms with Crippen molar-refractivity contribution in [3.05, 3.63) is 12.2 Å². The topological polar surface area (TPSA) is 18.5 Å².